The van der Waals surface area contributed by atoms with E-state index in [9.17, 15) is 19.1 Å². The Kier molecular flexibility index (Phi) is 5.67. The number of fused-ring (bicyclic) bond motifs is 1. The number of benzene rings is 1. The van der Waals surface area contributed by atoms with Gasteiger partial charge in [-0.1, -0.05) is 0 Å². The second-order valence-electron chi connectivity index (χ2n) is 6.68. The molecule has 3 rings (SSSR count). The van der Waals surface area contributed by atoms with Gasteiger partial charge in [-0.25, -0.2) is 4.39 Å². The summed E-state index contributed by atoms with van der Waals surface area (Å²) in [5.74, 6) is -0.979. The monoisotopic (exact) mass is 375 g/mol. The van der Waals surface area contributed by atoms with Crippen LogP contribution in [-0.2, 0) is 9.53 Å². The Labute approximate surface area is 156 Å². The van der Waals surface area contributed by atoms with Crippen molar-refractivity contribution in [2.24, 2.45) is 0 Å². The van der Waals surface area contributed by atoms with Crippen LogP contribution in [0.5, 0.6) is 0 Å². The van der Waals surface area contributed by atoms with Gasteiger partial charge in [0.05, 0.1) is 23.2 Å². The lowest BCUT2D eigenvalue weighted by Crippen LogP contribution is -2.55. The van der Waals surface area contributed by atoms with E-state index in [1.807, 2.05) is 0 Å². The molecule has 2 amide bonds. The number of ether oxygens (including phenoxy) is 1. The van der Waals surface area contributed by atoms with Gasteiger partial charge < -0.3 is 20.1 Å². The summed E-state index contributed by atoms with van der Waals surface area (Å²) in [6, 6.07) is 5.25. The van der Waals surface area contributed by atoms with Crippen molar-refractivity contribution < 1.29 is 23.8 Å². The number of nitrogens with one attached hydrogen (secondary N) is 1. The van der Waals surface area contributed by atoms with E-state index in [4.69, 9.17) is 4.74 Å². The number of hydrogen-bond acceptors (Lipinski definition) is 5. The molecule has 1 aliphatic rings. The normalized spacial score (nSPS) is 19.9. The van der Waals surface area contributed by atoms with Crippen LogP contribution in [-0.4, -0.2) is 65.8 Å². The molecule has 0 spiro atoms. The summed E-state index contributed by atoms with van der Waals surface area (Å²) >= 11 is 0. The maximum Gasteiger partial charge on any atom is 0.252 e. The first-order valence-electron chi connectivity index (χ1n) is 8.71. The van der Waals surface area contributed by atoms with Crippen molar-refractivity contribution in [1.29, 1.82) is 0 Å². The molecule has 1 aromatic heterocycles. The van der Waals surface area contributed by atoms with Gasteiger partial charge in [-0.3, -0.25) is 14.6 Å². The van der Waals surface area contributed by atoms with Gasteiger partial charge >= 0.3 is 0 Å². The molecular formula is C19H22FN3O4. The van der Waals surface area contributed by atoms with E-state index in [-0.39, 0.29) is 25.0 Å². The smallest absolute Gasteiger partial charge is 0.252 e. The Morgan fingerprint density at radius 3 is 2.89 bits per heavy atom. The van der Waals surface area contributed by atoms with E-state index in [1.54, 1.807) is 13.0 Å². The molecule has 2 N–H and O–H groups in total. The van der Waals surface area contributed by atoms with Gasteiger partial charge in [0.25, 0.3) is 5.91 Å². The molecule has 8 heteroatoms. The van der Waals surface area contributed by atoms with Gasteiger partial charge in [-0.15, -0.1) is 0 Å². The van der Waals surface area contributed by atoms with E-state index in [1.165, 1.54) is 30.2 Å². The Morgan fingerprint density at radius 1 is 1.41 bits per heavy atom. The van der Waals surface area contributed by atoms with Gasteiger partial charge in [-0.2, -0.15) is 0 Å². The Hall–Kier alpha value is -2.58. The number of aliphatic hydroxyl groups excluding tert-OH is 1. The fourth-order valence-corrected chi connectivity index (χ4v) is 3.31. The maximum absolute atomic E-state index is 13.5. The lowest BCUT2D eigenvalue weighted by Gasteiger charge is -2.36. The molecule has 2 heterocycles. The number of pyridine rings is 1. The van der Waals surface area contributed by atoms with Crippen LogP contribution >= 0.6 is 0 Å². The topological polar surface area (TPSA) is 91.8 Å². The van der Waals surface area contributed by atoms with Crippen LogP contribution in [0.25, 0.3) is 10.9 Å². The van der Waals surface area contributed by atoms with Crippen molar-refractivity contribution in [2.75, 3.05) is 26.8 Å². The van der Waals surface area contributed by atoms with Crippen LogP contribution in [0.4, 0.5) is 4.39 Å². The molecule has 0 saturated carbocycles. The molecule has 0 bridgehead atoms. The standard InChI is InChI=1S/C19H22FN3O4/c1-11-7-14(13-4-3-12(20)8-16(13)21-11)19(26)22-15-5-6-23(9-17(15)24)18(25)10-27-2/h3-4,7-8,15,17,24H,5-6,9-10H2,1-2H3,(H,22,26)/t15-,17-/m1/s1. The highest BCUT2D eigenvalue weighted by molar-refractivity contribution is 6.06. The van der Waals surface area contributed by atoms with Crippen LogP contribution in [0.3, 0.4) is 0 Å². The summed E-state index contributed by atoms with van der Waals surface area (Å²) in [5.41, 5.74) is 1.38. The molecule has 27 heavy (non-hydrogen) atoms. The van der Waals surface area contributed by atoms with Crippen LogP contribution in [0.2, 0.25) is 0 Å². The SMILES string of the molecule is COCC(=O)N1CC[C@@H](NC(=O)c2cc(C)nc3cc(F)ccc23)[C@H](O)C1. The van der Waals surface area contributed by atoms with E-state index in [0.717, 1.165) is 0 Å². The zero-order chi connectivity index (χ0) is 19.6. The Balaban J connectivity index is 1.75. The molecule has 1 aliphatic heterocycles. The number of carbonyl (C=O) groups excluding carboxylic acids is 2. The lowest BCUT2D eigenvalue weighted by atomic mass is 10.00. The maximum atomic E-state index is 13.5. The largest absolute Gasteiger partial charge is 0.389 e. The van der Waals surface area contributed by atoms with Crippen LogP contribution < -0.4 is 5.32 Å². The Morgan fingerprint density at radius 2 is 2.19 bits per heavy atom. The third-order valence-electron chi connectivity index (χ3n) is 4.66. The van der Waals surface area contributed by atoms with Crippen molar-refractivity contribution in [3.8, 4) is 0 Å². The van der Waals surface area contributed by atoms with Crippen LogP contribution in [0.15, 0.2) is 24.3 Å². The van der Waals surface area contributed by atoms with Gasteiger partial charge in [-0.05, 0) is 31.5 Å². The predicted octanol–water partition coefficient (Wildman–Crippen LogP) is 1.02. The molecule has 1 fully saturated rings. The predicted molar refractivity (Wildman–Crippen MR) is 96.8 cm³/mol. The van der Waals surface area contributed by atoms with E-state index < -0.39 is 18.0 Å². The van der Waals surface area contributed by atoms with Crippen LogP contribution in [0.1, 0.15) is 22.5 Å². The van der Waals surface area contributed by atoms with E-state index >= 15 is 0 Å². The molecule has 0 aliphatic carbocycles. The molecule has 7 nitrogen and oxygen atoms in total. The third kappa shape index (κ3) is 4.23. The fourth-order valence-electron chi connectivity index (χ4n) is 3.31. The molecule has 1 saturated heterocycles. The number of rotatable bonds is 4. The first-order chi connectivity index (χ1) is 12.9. The summed E-state index contributed by atoms with van der Waals surface area (Å²) in [4.78, 5) is 30.4. The summed E-state index contributed by atoms with van der Waals surface area (Å²) in [5, 5.41) is 13.7. The number of nitrogens with zero attached hydrogens (tertiary/aromatic N) is 2. The second kappa shape index (κ2) is 7.98. The number of β-amino-alcohol motifs (C(OH)–C–C–N with tert-alkyl or cyclic N) is 1. The molecule has 1 aromatic carbocycles. The summed E-state index contributed by atoms with van der Waals surface area (Å²) in [7, 11) is 1.44. The average Bonchev–Trinajstić information content (AvgIpc) is 2.62. The van der Waals surface area contributed by atoms with Crippen molar-refractivity contribution in [3.05, 3.63) is 41.3 Å². The highest BCUT2D eigenvalue weighted by atomic mass is 19.1. The average molecular weight is 375 g/mol. The number of carbonyl (C=O) groups is 2. The third-order valence-corrected chi connectivity index (χ3v) is 4.66. The zero-order valence-corrected chi connectivity index (χ0v) is 15.2. The van der Waals surface area contributed by atoms with Crippen molar-refractivity contribution in [1.82, 2.24) is 15.2 Å². The van der Waals surface area contributed by atoms with Crippen molar-refractivity contribution in [3.63, 3.8) is 0 Å². The number of hydrogen-bond donors (Lipinski definition) is 2. The Bertz CT molecular complexity index is 868. The molecule has 144 valence electrons. The minimum atomic E-state index is -0.879. The highest BCUT2D eigenvalue weighted by Crippen LogP contribution is 2.20. The van der Waals surface area contributed by atoms with Crippen molar-refractivity contribution in [2.45, 2.75) is 25.5 Å². The number of methoxy groups -OCH3 is 1. The summed E-state index contributed by atoms with van der Waals surface area (Å²) < 4.78 is 18.3. The molecular weight excluding hydrogens is 353 g/mol. The molecule has 2 aromatic rings. The number of halogens is 1. The number of aromatic nitrogens is 1. The zero-order valence-electron chi connectivity index (χ0n) is 15.2. The van der Waals surface area contributed by atoms with Gasteiger partial charge in [0.1, 0.15) is 12.4 Å². The lowest BCUT2D eigenvalue weighted by molar-refractivity contribution is -0.138. The number of aryl methyl sites for hydroxylation is 1. The molecule has 0 radical (unpaired) electrons. The quantitative estimate of drug-likeness (QED) is 0.833. The minimum Gasteiger partial charge on any atom is -0.389 e. The number of aliphatic hydroxyl groups is 1. The summed E-state index contributed by atoms with van der Waals surface area (Å²) in [6.45, 7) is 2.25. The minimum absolute atomic E-state index is 0.0391. The highest BCUT2D eigenvalue weighted by Gasteiger charge is 2.31. The van der Waals surface area contributed by atoms with Crippen molar-refractivity contribution >= 4 is 22.7 Å². The van der Waals surface area contributed by atoms with Gasteiger partial charge in [0, 0.05) is 37.3 Å². The fraction of sp³-hybridized carbons (Fsp3) is 0.421. The molecule has 0 unspecified atom stereocenters. The first kappa shape index (κ1) is 19.2. The molecule has 2 atom stereocenters. The van der Waals surface area contributed by atoms with Crippen LogP contribution in [0, 0.1) is 12.7 Å². The number of amides is 2. The van der Waals surface area contributed by atoms with Gasteiger partial charge in [0.15, 0.2) is 0 Å². The van der Waals surface area contributed by atoms with E-state index in [2.05, 4.69) is 10.3 Å². The van der Waals surface area contributed by atoms with E-state index in [0.29, 0.717) is 35.1 Å². The van der Waals surface area contributed by atoms with Gasteiger partial charge in [0.2, 0.25) is 5.91 Å². The number of piperidine rings is 1. The summed E-state index contributed by atoms with van der Waals surface area (Å²) in [6.07, 6.45) is -0.450. The second-order valence-corrected chi connectivity index (χ2v) is 6.68. The number of likely N-dealkylation sites (tertiary alicyclic amines) is 1. The first-order valence-corrected chi connectivity index (χ1v) is 8.71.